The number of piperidine rings is 1. The third-order valence-electron chi connectivity index (χ3n) is 4.56. The second kappa shape index (κ2) is 8.41. The minimum Gasteiger partial charge on any atom is -0.496 e. The summed E-state index contributed by atoms with van der Waals surface area (Å²) in [6.07, 6.45) is 7.61. The maximum Gasteiger partial charge on any atom is 0.255 e. The summed E-state index contributed by atoms with van der Waals surface area (Å²) in [7, 11) is 1.56. The van der Waals surface area contributed by atoms with E-state index in [1.165, 1.54) is 19.3 Å². The predicted molar refractivity (Wildman–Crippen MR) is 100.0 cm³/mol. The lowest BCUT2D eigenvalue weighted by atomic mass is 10.1. The fourth-order valence-corrected chi connectivity index (χ4v) is 3.45. The number of ether oxygens (including phenoxy) is 1. The molecule has 0 bridgehead atoms. The van der Waals surface area contributed by atoms with E-state index >= 15 is 0 Å². The van der Waals surface area contributed by atoms with E-state index in [0.29, 0.717) is 22.9 Å². The highest BCUT2D eigenvalue weighted by Crippen LogP contribution is 2.29. The van der Waals surface area contributed by atoms with Crippen molar-refractivity contribution in [3.63, 3.8) is 0 Å². The number of hydrogen-bond acceptors (Lipinski definition) is 3. The average Bonchev–Trinajstić information content (AvgIpc) is 3.16. The van der Waals surface area contributed by atoms with Gasteiger partial charge in [0.1, 0.15) is 5.75 Å². The number of carbonyl (C=O) groups excluding carboxylic acids is 1. The molecule has 1 aromatic heterocycles. The Morgan fingerprint density at radius 3 is 2.60 bits per heavy atom. The molecule has 0 atom stereocenters. The molecule has 1 aliphatic rings. The molecule has 5 nitrogen and oxygen atoms in total. The first-order valence-corrected chi connectivity index (χ1v) is 9.08. The van der Waals surface area contributed by atoms with Crippen molar-refractivity contribution >= 4 is 17.5 Å². The number of methoxy groups -OCH3 is 1. The van der Waals surface area contributed by atoms with Gasteiger partial charge in [-0.2, -0.15) is 0 Å². The zero-order chi connectivity index (χ0) is 17.6. The molecule has 25 heavy (non-hydrogen) atoms. The Balaban J connectivity index is 1.68. The average molecular weight is 362 g/mol. The van der Waals surface area contributed by atoms with Gasteiger partial charge in [-0.05, 0) is 44.1 Å². The number of aromatic nitrogens is 1. The summed E-state index contributed by atoms with van der Waals surface area (Å²) in [6, 6.07) is 7.31. The molecule has 0 spiro atoms. The third kappa shape index (κ3) is 4.35. The second-order valence-corrected chi connectivity index (χ2v) is 6.66. The number of nitrogens with zero attached hydrogens (tertiary/aromatic N) is 2. The largest absolute Gasteiger partial charge is 0.496 e. The summed E-state index contributed by atoms with van der Waals surface area (Å²) in [5.41, 5.74) is 1.25. The van der Waals surface area contributed by atoms with Crippen molar-refractivity contribution in [2.45, 2.75) is 19.3 Å². The lowest BCUT2D eigenvalue weighted by Crippen LogP contribution is -2.37. The number of benzene rings is 1. The van der Waals surface area contributed by atoms with Gasteiger partial charge in [0.2, 0.25) is 0 Å². The van der Waals surface area contributed by atoms with Crippen molar-refractivity contribution in [3.05, 3.63) is 47.2 Å². The van der Waals surface area contributed by atoms with Crippen LogP contribution in [-0.2, 0) is 0 Å². The van der Waals surface area contributed by atoms with Crippen LogP contribution in [0.2, 0.25) is 5.02 Å². The van der Waals surface area contributed by atoms with Crippen LogP contribution in [0.15, 0.2) is 36.7 Å². The zero-order valence-electron chi connectivity index (χ0n) is 14.5. The standard InChI is InChI=1S/C19H24ClN3O2/c1-25-18-14-17(23-10-5-6-11-23)16(20)13-15(18)19(24)21-7-12-22-8-3-2-4-9-22/h5-6,10-11,13-14H,2-4,7-9,12H2,1H3,(H,21,24). The van der Waals surface area contributed by atoms with Crippen LogP contribution >= 0.6 is 11.6 Å². The van der Waals surface area contributed by atoms with Gasteiger partial charge < -0.3 is 19.5 Å². The molecular formula is C19H24ClN3O2. The van der Waals surface area contributed by atoms with E-state index in [1.54, 1.807) is 19.2 Å². The van der Waals surface area contributed by atoms with Gasteiger partial charge >= 0.3 is 0 Å². The van der Waals surface area contributed by atoms with Crippen LogP contribution in [0.1, 0.15) is 29.6 Å². The Hall–Kier alpha value is -1.98. The van der Waals surface area contributed by atoms with Crippen LogP contribution < -0.4 is 10.1 Å². The summed E-state index contributed by atoms with van der Waals surface area (Å²) in [4.78, 5) is 14.9. The Labute approximate surface area is 153 Å². The molecule has 0 radical (unpaired) electrons. The first-order chi connectivity index (χ1) is 12.2. The number of nitrogens with one attached hydrogen (secondary N) is 1. The molecule has 1 aromatic carbocycles. The molecule has 3 rings (SSSR count). The zero-order valence-corrected chi connectivity index (χ0v) is 15.3. The minimum atomic E-state index is -0.158. The van der Waals surface area contributed by atoms with E-state index in [0.717, 1.165) is 25.3 Å². The molecule has 1 aliphatic heterocycles. The van der Waals surface area contributed by atoms with Crippen molar-refractivity contribution in [1.82, 2.24) is 14.8 Å². The lowest BCUT2D eigenvalue weighted by Gasteiger charge is -2.26. The van der Waals surface area contributed by atoms with Gasteiger partial charge in [0.25, 0.3) is 5.91 Å². The molecule has 1 amide bonds. The molecule has 0 aliphatic carbocycles. The first kappa shape index (κ1) is 17.8. The molecule has 2 aromatic rings. The van der Waals surface area contributed by atoms with E-state index in [-0.39, 0.29) is 5.91 Å². The normalized spacial score (nSPS) is 15.1. The monoisotopic (exact) mass is 361 g/mol. The number of rotatable bonds is 6. The summed E-state index contributed by atoms with van der Waals surface area (Å²) < 4.78 is 7.31. The molecule has 134 valence electrons. The molecule has 1 N–H and O–H groups in total. The Morgan fingerprint density at radius 2 is 1.92 bits per heavy atom. The van der Waals surface area contributed by atoms with Crippen LogP contribution in [0.5, 0.6) is 5.75 Å². The van der Waals surface area contributed by atoms with E-state index in [2.05, 4.69) is 10.2 Å². The number of carbonyl (C=O) groups is 1. The Kier molecular flexibility index (Phi) is 6.00. The summed E-state index contributed by atoms with van der Waals surface area (Å²) in [6.45, 7) is 3.75. The van der Waals surface area contributed by atoms with Crippen LogP contribution in [0, 0.1) is 0 Å². The van der Waals surface area contributed by atoms with Crippen LogP contribution in [-0.4, -0.2) is 48.7 Å². The summed E-state index contributed by atoms with van der Waals surface area (Å²) in [5.74, 6) is 0.360. The predicted octanol–water partition coefficient (Wildman–Crippen LogP) is 3.36. The highest BCUT2D eigenvalue weighted by Gasteiger charge is 2.17. The number of hydrogen-bond donors (Lipinski definition) is 1. The molecule has 1 saturated heterocycles. The maximum atomic E-state index is 12.5. The molecule has 0 saturated carbocycles. The van der Waals surface area contributed by atoms with Crippen molar-refractivity contribution in [3.8, 4) is 11.4 Å². The summed E-state index contributed by atoms with van der Waals surface area (Å²) in [5, 5.41) is 3.49. The van der Waals surface area contributed by atoms with Crippen LogP contribution in [0.4, 0.5) is 0 Å². The fourth-order valence-electron chi connectivity index (χ4n) is 3.19. The highest BCUT2D eigenvalue weighted by molar-refractivity contribution is 6.33. The lowest BCUT2D eigenvalue weighted by molar-refractivity contribution is 0.0943. The van der Waals surface area contributed by atoms with E-state index in [9.17, 15) is 4.79 Å². The van der Waals surface area contributed by atoms with Gasteiger partial charge in [-0.15, -0.1) is 0 Å². The highest BCUT2D eigenvalue weighted by atomic mass is 35.5. The fraction of sp³-hybridized carbons (Fsp3) is 0.421. The Morgan fingerprint density at radius 1 is 1.20 bits per heavy atom. The quantitative estimate of drug-likeness (QED) is 0.858. The smallest absolute Gasteiger partial charge is 0.255 e. The molecule has 0 unspecified atom stereocenters. The Bertz CT molecular complexity index is 710. The SMILES string of the molecule is COc1cc(-n2cccc2)c(Cl)cc1C(=O)NCCN1CCCCC1. The van der Waals surface area contributed by atoms with Crippen molar-refractivity contribution < 1.29 is 9.53 Å². The van der Waals surface area contributed by atoms with E-state index < -0.39 is 0 Å². The number of likely N-dealkylation sites (tertiary alicyclic amines) is 1. The molecule has 2 heterocycles. The van der Waals surface area contributed by atoms with Gasteiger partial charge in [-0.25, -0.2) is 0 Å². The second-order valence-electron chi connectivity index (χ2n) is 6.25. The minimum absolute atomic E-state index is 0.158. The van der Waals surface area contributed by atoms with Gasteiger partial charge in [0.05, 0.1) is 23.4 Å². The van der Waals surface area contributed by atoms with Crippen molar-refractivity contribution in [1.29, 1.82) is 0 Å². The number of amides is 1. The molecule has 1 fully saturated rings. The molecular weight excluding hydrogens is 338 g/mol. The third-order valence-corrected chi connectivity index (χ3v) is 4.86. The molecule has 6 heteroatoms. The van der Waals surface area contributed by atoms with Crippen molar-refractivity contribution in [2.24, 2.45) is 0 Å². The van der Waals surface area contributed by atoms with Gasteiger partial charge in [-0.1, -0.05) is 18.0 Å². The maximum absolute atomic E-state index is 12.5. The first-order valence-electron chi connectivity index (χ1n) is 8.70. The topological polar surface area (TPSA) is 46.5 Å². The van der Waals surface area contributed by atoms with Crippen LogP contribution in [0.3, 0.4) is 0 Å². The van der Waals surface area contributed by atoms with E-state index in [1.807, 2.05) is 29.1 Å². The van der Waals surface area contributed by atoms with E-state index in [4.69, 9.17) is 16.3 Å². The van der Waals surface area contributed by atoms with Gasteiger partial charge in [-0.3, -0.25) is 4.79 Å². The van der Waals surface area contributed by atoms with Gasteiger partial charge in [0.15, 0.2) is 0 Å². The summed E-state index contributed by atoms with van der Waals surface area (Å²) >= 11 is 6.39. The number of halogens is 1. The van der Waals surface area contributed by atoms with Gasteiger partial charge in [0, 0.05) is 31.5 Å². The van der Waals surface area contributed by atoms with Crippen LogP contribution in [0.25, 0.3) is 5.69 Å². The van der Waals surface area contributed by atoms with Crippen molar-refractivity contribution in [2.75, 3.05) is 33.3 Å².